The third-order valence-electron chi connectivity index (χ3n) is 5.19. The maximum Gasteiger partial charge on any atom is 0.334 e. The summed E-state index contributed by atoms with van der Waals surface area (Å²) in [5.41, 5.74) is 3.64. The highest BCUT2D eigenvalue weighted by atomic mass is 16.7. The van der Waals surface area contributed by atoms with Crippen molar-refractivity contribution in [1.29, 1.82) is 0 Å². The first kappa shape index (κ1) is 18.4. The molecule has 0 bridgehead atoms. The third-order valence-corrected chi connectivity index (χ3v) is 5.19. The van der Waals surface area contributed by atoms with Crippen molar-refractivity contribution in [3.63, 3.8) is 0 Å². The average Bonchev–Trinajstić information content (AvgIpc) is 3.07. The standard InChI is InChI=1S/C23H24N2O3/c1-4-21(26)28-25-19-13-23(2,3)14-20-22(19)18(24-27-20)12-16-10-7-9-15-8-5-6-11-17(15)16/h5-11H,4,12-14H2,1-3H3. The van der Waals surface area contributed by atoms with Gasteiger partial charge in [-0.25, -0.2) is 4.79 Å². The normalized spacial score (nSPS) is 16.9. The number of rotatable bonds is 4. The molecule has 0 saturated carbocycles. The van der Waals surface area contributed by atoms with Crippen LogP contribution >= 0.6 is 0 Å². The zero-order chi connectivity index (χ0) is 19.7. The van der Waals surface area contributed by atoms with Crippen LogP contribution in [0.1, 0.15) is 56.2 Å². The average molecular weight is 376 g/mol. The van der Waals surface area contributed by atoms with Crippen molar-refractivity contribution < 1.29 is 14.2 Å². The minimum absolute atomic E-state index is 0.0271. The molecule has 1 aromatic heterocycles. The minimum atomic E-state index is -0.343. The Morgan fingerprint density at radius 3 is 2.79 bits per heavy atom. The molecule has 0 atom stereocenters. The highest BCUT2D eigenvalue weighted by molar-refractivity contribution is 6.03. The van der Waals surface area contributed by atoms with Crippen LogP contribution in [0.15, 0.2) is 52.1 Å². The fraction of sp³-hybridized carbons (Fsp3) is 0.348. The summed E-state index contributed by atoms with van der Waals surface area (Å²) in [6.07, 6.45) is 2.42. The van der Waals surface area contributed by atoms with Crippen molar-refractivity contribution in [3.8, 4) is 0 Å². The fourth-order valence-electron chi connectivity index (χ4n) is 3.85. The van der Waals surface area contributed by atoms with Gasteiger partial charge in [0.15, 0.2) is 0 Å². The van der Waals surface area contributed by atoms with E-state index in [4.69, 9.17) is 9.36 Å². The number of hydrogen-bond donors (Lipinski definition) is 0. The van der Waals surface area contributed by atoms with Gasteiger partial charge in [-0.2, -0.15) is 0 Å². The molecule has 4 rings (SSSR count). The molecule has 0 amide bonds. The summed E-state index contributed by atoms with van der Waals surface area (Å²) >= 11 is 0. The van der Waals surface area contributed by atoms with Crippen LogP contribution in [0.2, 0.25) is 0 Å². The van der Waals surface area contributed by atoms with Crippen LogP contribution in [0.4, 0.5) is 0 Å². The van der Waals surface area contributed by atoms with E-state index in [0.717, 1.165) is 29.2 Å². The summed E-state index contributed by atoms with van der Waals surface area (Å²) in [6, 6.07) is 14.6. The minimum Gasteiger partial charge on any atom is -0.360 e. The smallest absolute Gasteiger partial charge is 0.334 e. The number of fused-ring (bicyclic) bond motifs is 2. The van der Waals surface area contributed by atoms with Crippen molar-refractivity contribution in [2.45, 2.75) is 46.5 Å². The number of nitrogens with zero attached hydrogens (tertiary/aromatic N) is 2. The van der Waals surface area contributed by atoms with E-state index in [1.807, 2.05) is 12.1 Å². The summed E-state index contributed by atoms with van der Waals surface area (Å²) in [6.45, 7) is 6.06. The molecule has 1 aliphatic carbocycles. The van der Waals surface area contributed by atoms with Crippen molar-refractivity contribution in [2.24, 2.45) is 10.6 Å². The zero-order valence-corrected chi connectivity index (χ0v) is 16.5. The van der Waals surface area contributed by atoms with E-state index >= 15 is 0 Å². The Hall–Kier alpha value is -2.95. The van der Waals surface area contributed by atoms with Gasteiger partial charge in [-0.05, 0) is 28.2 Å². The van der Waals surface area contributed by atoms with E-state index in [0.29, 0.717) is 19.3 Å². The SMILES string of the molecule is CCC(=O)ON=C1CC(C)(C)Cc2onc(Cc3cccc4ccccc34)c21. The van der Waals surface area contributed by atoms with Gasteiger partial charge in [0.2, 0.25) is 0 Å². The molecule has 5 heteroatoms. The van der Waals surface area contributed by atoms with Crippen LogP contribution in [-0.2, 0) is 22.5 Å². The van der Waals surface area contributed by atoms with E-state index in [2.05, 4.69) is 54.5 Å². The molecule has 1 aliphatic rings. The summed E-state index contributed by atoms with van der Waals surface area (Å²) in [5, 5.41) is 11.0. The second kappa shape index (κ2) is 7.23. The van der Waals surface area contributed by atoms with Crippen molar-refractivity contribution in [2.75, 3.05) is 0 Å². The molecule has 1 heterocycles. The van der Waals surface area contributed by atoms with E-state index in [1.54, 1.807) is 6.92 Å². The summed E-state index contributed by atoms with van der Waals surface area (Å²) in [7, 11) is 0. The van der Waals surface area contributed by atoms with Gasteiger partial charge in [-0.1, -0.05) is 73.5 Å². The highest BCUT2D eigenvalue weighted by Gasteiger charge is 2.35. The van der Waals surface area contributed by atoms with Crippen LogP contribution in [0.3, 0.4) is 0 Å². The van der Waals surface area contributed by atoms with Gasteiger partial charge in [0, 0.05) is 19.3 Å². The quantitative estimate of drug-likeness (QED) is 0.472. The second-order valence-electron chi connectivity index (χ2n) is 8.12. The highest BCUT2D eigenvalue weighted by Crippen LogP contribution is 2.37. The molecule has 28 heavy (non-hydrogen) atoms. The lowest BCUT2D eigenvalue weighted by Gasteiger charge is -2.28. The van der Waals surface area contributed by atoms with Gasteiger partial charge in [-0.15, -0.1) is 0 Å². The molecule has 5 nitrogen and oxygen atoms in total. The molecule has 144 valence electrons. The maximum absolute atomic E-state index is 11.6. The Balaban J connectivity index is 1.74. The second-order valence-corrected chi connectivity index (χ2v) is 8.12. The molecule has 0 unspecified atom stereocenters. The Morgan fingerprint density at radius 1 is 1.18 bits per heavy atom. The monoisotopic (exact) mass is 376 g/mol. The van der Waals surface area contributed by atoms with E-state index in [1.165, 1.54) is 16.3 Å². The number of oxime groups is 1. The van der Waals surface area contributed by atoms with Crippen molar-refractivity contribution in [1.82, 2.24) is 5.16 Å². The van der Waals surface area contributed by atoms with E-state index in [9.17, 15) is 4.79 Å². The van der Waals surface area contributed by atoms with Gasteiger partial charge < -0.3 is 9.36 Å². The summed E-state index contributed by atoms with van der Waals surface area (Å²) < 4.78 is 5.70. The molecule has 0 aliphatic heterocycles. The van der Waals surface area contributed by atoms with Crippen LogP contribution in [-0.4, -0.2) is 16.8 Å². The third kappa shape index (κ3) is 3.57. The number of carbonyl (C=O) groups excluding carboxylic acids is 1. The van der Waals surface area contributed by atoms with Gasteiger partial charge in [0.05, 0.1) is 17.0 Å². The van der Waals surface area contributed by atoms with Crippen LogP contribution in [0, 0.1) is 5.41 Å². The summed E-state index contributed by atoms with van der Waals surface area (Å²) in [4.78, 5) is 16.7. The first-order chi connectivity index (χ1) is 13.5. The first-order valence-corrected chi connectivity index (χ1v) is 9.68. The molecule has 3 aromatic rings. The lowest BCUT2D eigenvalue weighted by Crippen LogP contribution is -2.27. The lowest BCUT2D eigenvalue weighted by atomic mass is 9.75. The fourth-order valence-corrected chi connectivity index (χ4v) is 3.85. The van der Waals surface area contributed by atoms with E-state index < -0.39 is 0 Å². The predicted molar refractivity (Wildman–Crippen MR) is 108 cm³/mol. The van der Waals surface area contributed by atoms with E-state index in [-0.39, 0.29) is 11.4 Å². The van der Waals surface area contributed by atoms with Crippen LogP contribution in [0.25, 0.3) is 10.8 Å². The Kier molecular flexibility index (Phi) is 4.75. The molecular weight excluding hydrogens is 352 g/mol. The van der Waals surface area contributed by atoms with Crippen molar-refractivity contribution in [3.05, 3.63) is 65.0 Å². The number of aromatic nitrogens is 1. The largest absolute Gasteiger partial charge is 0.360 e. The number of hydrogen-bond acceptors (Lipinski definition) is 5. The lowest BCUT2D eigenvalue weighted by molar-refractivity contribution is -0.143. The topological polar surface area (TPSA) is 64.7 Å². The van der Waals surface area contributed by atoms with Gasteiger partial charge in [0.25, 0.3) is 0 Å². The molecule has 0 saturated heterocycles. The van der Waals surface area contributed by atoms with Crippen LogP contribution < -0.4 is 0 Å². The van der Waals surface area contributed by atoms with Gasteiger partial charge >= 0.3 is 5.97 Å². The maximum atomic E-state index is 11.6. The molecule has 0 spiro atoms. The Morgan fingerprint density at radius 2 is 1.96 bits per heavy atom. The van der Waals surface area contributed by atoms with Crippen molar-refractivity contribution >= 4 is 22.5 Å². The number of carbonyl (C=O) groups is 1. The Labute approximate surface area is 164 Å². The van der Waals surface area contributed by atoms with Gasteiger partial charge in [-0.3, -0.25) is 0 Å². The summed E-state index contributed by atoms with van der Waals surface area (Å²) in [5.74, 6) is 0.474. The predicted octanol–water partition coefficient (Wildman–Crippen LogP) is 5.05. The zero-order valence-electron chi connectivity index (χ0n) is 16.5. The molecule has 0 N–H and O–H groups in total. The molecule has 2 aromatic carbocycles. The Bertz CT molecular complexity index is 1060. The van der Waals surface area contributed by atoms with Crippen LogP contribution in [0.5, 0.6) is 0 Å². The first-order valence-electron chi connectivity index (χ1n) is 9.68. The molecule has 0 radical (unpaired) electrons. The molecule has 0 fully saturated rings. The van der Waals surface area contributed by atoms with Gasteiger partial charge in [0.1, 0.15) is 5.76 Å². The number of benzene rings is 2. The molecular formula is C23H24N2O3.